The van der Waals surface area contributed by atoms with Crippen molar-refractivity contribution in [1.29, 1.82) is 0 Å². The maximum absolute atomic E-state index is 3.89. The molecule has 3 heteroatoms. The largest absolute Gasteiger partial charge is 0.145 e. The van der Waals surface area contributed by atoms with Crippen LogP contribution in [0.15, 0.2) is 22.5 Å². The molecule has 0 nitrogen and oxygen atoms in total. The highest BCUT2D eigenvalue weighted by Crippen LogP contribution is 2.34. The van der Waals surface area contributed by atoms with E-state index in [2.05, 4.69) is 38.6 Å². The molecule has 0 aromatic rings. The van der Waals surface area contributed by atoms with Gasteiger partial charge in [0.2, 0.25) is 0 Å². The minimum absolute atomic E-state index is 1.02. The van der Waals surface area contributed by atoms with Gasteiger partial charge in [-0.1, -0.05) is 31.8 Å². The third kappa shape index (κ3) is 7.07. The lowest BCUT2D eigenvalue weighted by atomic mass is 10.4. The minimum atomic E-state index is -1.02. The van der Waals surface area contributed by atoms with Gasteiger partial charge in [-0.3, -0.25) is 0 Å². The van der Waals surface area contributed by atoms with Crippen molar-refractivity contribution in [3.63, 3.8) is 0 Å². The Hall–Kier alpha value is 0.397. The number of hydrogen-bond acceptors (Lipinski definition) is 2. The van der Waals surface area contributed by atoms with Crippen molar-refractivity contribution in [3.05, 3.63) is 22.5 Å². The zero-order valence-corrected chi connectivity index (χ0v) is 11.2. The third-order valence-corrected chi connectivity index (χ3v) is 6.11. The van der Waals surface area contributed by atoms with Crippen molar-refractivity contribution in [3.8, 4) is 0 Å². The Morgan fingerprint density at radius 2 is 1.83 bits per heavy atom. The molecule has 0 N–H and O–H groups in total. The van der Waals surface area contributed by atoms with Crippen LogP contribution in [0.5, 0.6) is 0 Å². The summed E-state index contributed by atoms with van der Waals surface area (Å²) in [4.78, 5) is 0. The second-order valence-corrected chi connectivity index (χ2v) is 14.0. The lowest BCUT2D eigenvalue weighted by molar-refractivity contribution is 1.57. The van der Waals surface area contributed by atoms with E-state index in [1.807, 2.05) is 29.9 Å². The molecule has 0 heterocycles. The van der Waals surface area contributed by atoms with Crippen LogP contribution in [0.4, 0.5) is 0 Å². The van der Waals surface area contributed by atoms with Crippen LogP contribution in [-0.4, -0.2) is 13.5 Å². The van der Waals surface area contributed by atoms with Crippen LogP contribution < -0.4 is 0 Å². The SMILES string of the molecule is C=C(C)/C=C(/SC)S[Si](C)(C)C. The first-order valence-corrected chi connectivity index (χ1v) is 10.2. The van der Waals surface area contributed by atoms with Crippen molar-refractivity contribution in [2.45, 2.75) is 26.6 Å². The highest BCUT2D eigenvalue weighted by molar-refractivity contribution is 8.39. The molecule has 0 unspecified atom stereocenters. The van der Waals surface area contributed by atoms with Gasteiger partial charge in [-0.15, -0.1) is 23.0 Å². The molecule has 0 aromatic heterocycles. The van der Waals surface area contributed by atoms with E-state index >= 15 is 0 Å². The molecular weight excluding hydrogens is 200 g/mol. The minimum Gasteiger partial charge on any atom is -0.145 e. The first-order chi connectivity index (χ1) is 5.35. The summed E-state index contributed by atoms with van der Waals surface area (Å²) in [5.74, 6) is 0. The predicted molar refractivity (Wildman–Crippen MR) is 67.3 cm³/mol. The van der Waals surface area contributed by atoms with E-state index in [0.29, 0.717) is 0 Å². The van der Waals surface area contributed by atoms with E-state index in [1.54, 1.807) is 0 Å². The Balaban J connectivity index is 4.28. The van der Waals surface area contributed by atoms with E-state index < -0.39 is 7.22 Å². The average Bonchev–Trinajstić information content (AvgIpc) is 1.82. The lowest BCUT2D eigenvalue weighted by Gasteiger charge is -2.16. The smallest absolute Gasteiger partial charge is 0.115 e. The standard InChI is InChI=1S/C9H18S2Si/c1-8(2)7-9(10-3)11-12(4,5)6/h7H,1H2,2-6H3/b9-7-. The fraction of sp³-hybridized carbons (Fsp3) is 0.556. The van der Waals surface area contributed by atoms with E-state index in [9.17, 15) is 0 Å². The summed E-state index contributed by atoms with van der Waals surface area (Å²) in [7, 11) is -1.02. The summed E-state index contributed by atoms with van der Waals surface area (Å²) in [6.45, 7) is 13.0. The van der Waals surface area contributed by atoms with Crippen molar-refractivity contribution < 1.29 is 0 Å². The highest BCUT2D eigenvalue weighted by Gasteiger charge is 2.15. The number of allylic oxidation sites excluding steroid dienone is 2. The highest BCUT2D eigenvalue weighted by atomic mass is 32.4. The lowest BCUT2D eigenvalue weighted by Crippen LogP contribution is -2.13. The van der Waals surface area contributed by atoms with Gasteiger partial charge in [-0.2, -0.15) is 0 Å². The number of rotatable bonds is 4. The molecule has 0 saturated carbocycles. The summed E-state index contributed by atoms with van der Waals surface area (Å²) in [5.41, 5.74) is 1.14. The molecule has 0 spiro atoms. The van der Waals surface area contributed by atoms with Crippen LogP contribution in [-0.2, 0) is 0 Å². The maximum atomic E-state index is 3.89. The second-order valence-electron chi connectivity index (χ2n) is 3.73. The van der Waals surface area contributed by atoms with Crippen molar-refractivity contribution >= 4 is 30.2 Å². The quantitative estimate of drug-likeness (QED) is 0.509. The Morgan fingerprint density at radius 3 is 2.08 bits per heavy atom. The van der Waals surface area contributed by atoms with Crippen molar-refractivity contribution in [2.24, 2.45) is 0 Å². The second kappa shape index (κ2) is 5.20. The Bertz CT molecular complexity index is 189. The molecule has 12 heavy (non-hydrogen) atoms. The molecular formula is C9H18S2Si. The molecule has 0 aliphatic rings. The monoisotopic (exact) mass is 218 g/mol. The van der Waals surface area contributed by atoms with Crippen LogP contribution >= 0.6 is 23.0 Å². The van der Waals surface area contributed by atoms with Crippen LogP contribution in [0.3, 0.4) is 0 Å². The predicted octanol–water partition coefficient (Wildman–Crippen LogP) is 4.34. The molecule has 0 aliphatic carbocycles. The molecule has 0 radical (unpaired) electrons. The number of hydrogen-bond donors (Lipinski definition) is 0. The molecule has 0 rings (SSSR count). The first kappa shape index (κ1) is 12.4. The van der Waals surface area contributed by atoms with Gasteiger partial charge in [0.15, 0.2) is 0 Å². The molecule has 0 amide bonds. The Morgan fingerprint density at radius 1 is 1.33 bits per heavy atom. The summed E-state index contributed by atoms with van der Waals surface area (Å²) >= 11 is 3.86. The van der Waals surface area contributed by atoms with Crippen LogP contribution in [0, 0.1) is 0 Å². The van der Waals surface area contributed by atoms with Gasteiger partial charge >= 0.3 is 0 Å². The van der Waals surface area contributed by atoms with E-state index in [4.69, 9.17) is 0 Å². The summed E-state index contributed by atoms with van der Waals surface area (Å²) < 4.78 is 1.40. The van der Waals surface area contributed by atoms with Crippen LogP contribution in [0.25, 0.3) is 0 Å². The van der Waals surface area contributed by atoms with Gasteiger partial charge in [0.1, 0.15) is 7.22 Å². The zero-order valence-electron chi connectivity index (χ0n) is 8.60. The van der Waals surface area contributed by atoms with E-state index in [1.165, 1.54) is 4.24 Å². The fourth-order valence-corrected chi connectivity index (χ4v) is 7.14. The zero-order chi connectivity index (χ0) is 9.78. The van der Waals surface area contributed by atoms with Gasteiger partial charge in [-0.25, -0.2) is 0 Å². The molecule has 0 bridgehead atoms. The molecule has 0 saturated heterocycles. The van der Waals surface area contributed by atoms with E-state index in [-0.39, 0.29) is 0 Å². The molecule has 0 atom stereocenters. The maximum Gasteiger partial charge on any atom is 0.115 e. The summed E-state index contributed by atoms with van der Waals surface area (Å²) in [5, 5.41) is 0. The number of thioether (sulfide) groups is 1. The van der Waals surface area contributed by atoms with Gasteiger partial charge in [-0.05, 0) is 19.3 Å². The fourth-order valence-electron chi connectivity index (χ4n) is 0.633. The van der Waals surface area contributed by atoms with E-state index in [0.717, 1.165) is 5.57 Å². The normalized spacial score (nSPS) is 13.2. The third-order valence-electron chi connectivity index (χ3n) is 0.972. The van der Waals surface area contributed by atoms with Crippen LogP contribution in [0.2, 0.25) is 19.6 Å². The Labute approximate surface area is 85.6 Å². The van der Waals surface area contributed by atoms with Gasteiger partial charge < -0.3 is 0 Å². The topological polar surface area (TPSA) is 0 Å². The van der Waals surface area contributed by atoms with Crippen molar-refractivity contribution in [1.82, 2.24) is 0 Å². The van der Waals surface area contributed by atoms with Crippen LogP contribution in [0.1, 0.15) is 6.92 Å². The summed E-state index contributed by atoms with van der Waals surface area (Å²) in [6, 6.07) is 0. The van der Waals surface area contributed by atoms with Gasteiger partial charge in [0.05, 0.1) is 0 Å². The summed E-state index contributed by atoms with van der Waals surface area (Å²) in [6.07, 6.45) is 4.30. The molecule has 0 aromatic carbocycles. The molecule has 70 valence electrons. The molecule has 0 aliphatic heterocycles. The van der Waals surface area contributed by atoms with Gasteiger partial charge in [0.25, 0.3) is 0 Å². The average molecular weight is 218 g/mol. The molecule has 0 fully saturated rings. The van der Waals surface area contributed by atoms with Gasteiger partial charge in [0, 0.05) is 4.24 Å². The van der Waals surface area contributed by atoms with Crippen molar-refractivity contribution in [2.75, 3.05) is 6.26 Å². The Kier molecular flexibility index (Phi) is 5.37. The first-order valence-electron chi connectivity index (χ1n) is 3.95.